The van der Waals surface area contributed by atoms with Crippen molar-refractivity contribution in [3.63, 3.8) is 0 Å². The summed E-state index contributed by atoms with van der Waals surface area (Å²) < 4.78 is 0. The first kappa shape index (κ1) is 8.01. The predicted octanol–water partition coefficient (Wildman–Crippen LogP) is 1.83. The lowest BCUT2D eigenvalue weighted by Gasteiger charge is -2.04. The monoisotopic (exact) mass is 173 g/mol. The van der Waals surface area contributed by atoms with Gasteiger partial charge in [0.15, 0.2) is 0 Å². The van der Waals surface area contributed by atoms with Gasteiger partial charge < -0.3 is 5.43 Å². The van der Waals surface area contributed by atoms with Crippen molar-refractivity contribution < 1.29 is 0 Å². The second-order valence-electron chi connectivity index (χ2n) is 2.96. The van der Waals surface area contributed by atoms with Gasteiger partial charge in [0.25, 0.3) is 0 Å². The number of fused-ring (bicyclic) bond motifs is 1. The number of nitrogen functional groups attached to an aromatic ring is 1. The Morgan fingerprint density at radius 3 is 2.85 bits per heavy atom. The van der Waals surface area contributed by atoms with Gasteiger partial charge in [0.1, 0.15) is 5.82 Å². The first-order valence-electron chi connectivity index (χ1n) is 4.14. The van der Waals surface area contributed by atoms with Gasteiger partial charge in [0.2, 0.25) is 0 Å². The second kappa shape index (κ2) is 3.03. The van der Waals surface area contributed by atoms with Crippen LogP contribution in [0.3, 0.4) is 0 Å². The lowest BCUT2D eigenvalue weighted by Crippen LogP contribution is -2.08. The molecule has 0 amide bonds. The smallest absolute Gasteiger partial charge is 0.140 e. The number of benzene rings is 1. The molecule has 2 rings (SSSR count). The summed E-state index contributed by atoms with van der Waals surface area (Å²) in [4.78, 5) is 4.28. The van der Waals surface area contributed by atoms with Gasteiger partial charge in [-0.3, -0.25) is 0 Å². The van der Waals surface area contributed by atoms with Crippen molar-refractivity contribution in [1.29, 1.82) is 0 Å². The molecule has 0 atom stereocenters. The second-order valence-corrected chi connectivity index (χ2v) is 2.96. The number of aryl methyl sites for hydroxylation is 1. The van der Waals surface area contributed by atoms with Gasteiger partial charge in [-0.25, -0.2) is 10.8 Å². The van der Waals surface area contributed by atoms with E-state index in [4.69, 9.17) is 5.84 Å². The molecule has 2 aromatic rings. The number of hydrogen-bond acceptors (Lipinski definition) is 3. The van der Waals surface area contributed by atoms with Gasteiger partial charge in [-0.1, -0.05) is 24.3 Å². The molecule has 0 bridgehead atoms. The molecule has 0 fully saturated rings. The number of pyridine rings is 1. The molecule has 3 heteroatoms. The molecule has 1 aromatic heterocycles. The summed E-state index contributed by atoms with van der Waals surface area (Å²) >= 11 is 0. The van der Waals surface area contributed by atoms with Gasteiger partial charge in [0, 0.05) is 11.1 Å². The molecule has 66 valence electrons. The number of nitrogens with zero attached hydrogens (tertiary/aromatic N) is 1. The zero-order valence-corrected chi connectivity index (χ0v) is 7.41. The van der Waals surface area contributed by atoms with E-state index < -0.39 is 0 Å². The van der Waals surface area contributed by atoms with Crippen molar-refractivity contribution in [3.8, 4) is 0 Å². The van der Waals surface area contributed by atoms with Crippen molar-refractivity contribution in [2.75, 3.05) is 5.43 Å². The van der Waals surface area contributed by atoms with Crippen LogP contribution in [0.1, 0.15) is 5.69 Å². The Morgan fingerprint density at radius 2 is 2.08 bits per heavy atom. The van der Waals surface area contributed by atoms with Crippen LogP contribution in [0.2, 0.25) is 0 Å². The molecule has 13 heavy (non-hydrogen) atoms. The van der Waals surface area contributed by atoms with Crippen LogP contribution in [0.15, 0.2) is 30.3 Å². The molecule has 0 aliphatic heterocycles. The van der Waals surface area contributed by atoms with Crippen molar-refractivity contribution in [2.45, 2.75) is 6.92 Å². The van der Waals surface area contributed by atoms with Gasteiger partial charge in [-0.2, -0.15) is 0 Å². The Labute approximate surface area is 76.6 Å². The minimum atomic E-state index is 0.705. The Bertz CT molecular complexity index is 437. The summed E-state index contributed by atoms with van der Waals surface area (Å²) in [5.41, 5.74) is 3.54. The van der Waals surface area contributed by atoms with Crippen molar-refractivity contribution in [3.05, 3.63) is 36.0 Å². The van der Waals surface area contributed by atoms with Crippen LogP contribution in [-0.4, -0.2) is 4.98 Å². The van der Waals surface area contributed by atoms with E-state index in [0.29, 0.717) is 5.82 Å². The molecule has 1 heterocycles. The lowest BCUT2D eigenvalue weighted by molar-refractivity contribution is 1.18. The summed E-state index contributed by atoms with van der Waals surface area (Å²) in [6.07, 6.45) is 0. The standard InChI is InChI=1S/C10H11N3/c1-7-9-5-3-2-4-8(9)6-10(12-7)13-11/h2-6H,11H2,1H3,(H,12,13). The highest BCUT2D eigenvalue weighted by atomic mass is 15.2. The summed E-state index contributed by atoms with van der Waals surface area (Å²) in [6.45, 7) is 1.98. The van der Waals surface area contributed by atoms with E-state index >= 15 is 0 Å². The zero-order valence-electron chi connectivity index (χ0n) is 7.41. The Morgan fingerprint density at radius 1 is 1.31 bits per heavy atom. The minimum absolute atomic E-state index is 0.705. The van der Waals surface area contributed by atoms with Crippen LogP contribution in [0.25, 0.3) is 10.8 Å². The van der Waals surface area contributed by atoms with Gasteiger partial charge in [-0.05, 0) is 18.4 Å². The molecule has 3 nitrogen and oxygen atoms in total. The number of hydrogen-bond donors (Lipinski definition) is 2. The van der Waals surface area contributed by atoms with E-state index in [0.717, 1.165) is 11.1 Å². The predicted molar refractivity (Wildman–Crippen MR) is 54.3 cm³/mol. The largest absolute Gasteiger partial charge is 0.308 e. The molecule has 0 radical (unpaired) electrons. The van der Waals surface area contributed by atoms with E-state index in [1.807, 2.05) is 31.2 Å². The normalized spacial score (nSPS) is 10.3. The highest BCUT2D eigenvalue weighted by Crippen LogP contribution is 2.19. The number of nitrogens with one attached hydrogen (secondary N) is 1. The highest BCUT2D eigenvalue weighted by molar-refractivity contribution is 5.86. The first-order valence-corrected chi connectivity index (χ1v) is 4.14. The topological polar surface area (TPSA) is 50.9 Å². The van der Waals surface area contributed by atoms with Gasteiger partial charge in [0.05, 0.1) is 0 Å². The SMILES string of the molecule is Cc1nc(NN)cc2ccccc12. The zero-order chi connectivity index (χ0) is 9.26. The van der Waals surface area contributed by atoms with Crippen LogP contribution in [0.5, 0.6) is 0 Å². The first-order chi connectivity index (χ1) is 6.31. The summed E-state index contributed by atoms with van der Waals surface area (Å²) in [7, 11) is 0. The van der Waals surface area contributed by atoms with E-state index in [9.17, 15) is 0 Å². The van der Waals surface area contributed by atoms with E-state index in [2.05, 4.69) is 16.5 Å². The molecule has 0 aliphatic carbocycles. The molecule has 1 aromatic carbocycles. The molecule has 0 spiro atoms. The third kappa shape index (κ3) is 1.34. The van der Waals surface area contributed by atoms with Gasteiger partial charge in [-0.15, -0.1) is 0 Å². The van der Waals surface area contributed by atoms with Crippen molar-refractivity contribution in [2.24, 2.45) is 5.84 Å². The fourth-order valence-electron chi connectivity index (χ4n) is 1.45. The maximum atomic E-state index is 5.30. The molecule has 0 saturated heterocycles. The molecular weight excluding hydrogens is 162 g/mol. The van der Waals surface area contributed by atoms with Gasteiger partial charge >= 0.3 is 0 Å². The molecule has 0 aliphatic rings. The fourth-order valence-corrected chi connectivity index (χ4v) is 1.45. The summed E-state index contributed by atoms with van der Waals surface area (Å²) in [5, 5.41) is 2.32. The van der Waals surface area contributed by atoms with Crippen LogP contribution >= 0.6 is 0 Å². The van der Waals surface area contributed by atoms with Crippen LogP contribution in [0, 0.1) is 6.92 Å². The Hall–Kier alpha value is -1.61. The minimum Gasteiger partial charge on any atom is -0.308 e. The number of aromatic nitrogens is 1. The third-order valence-corrected chi connectivity index (χ3v) is 2.08. The fraction of sp³-hybridized carbons (Fsp3) is 0.100. The number of rotatable bonds is 1. The molecular formula is C10H11N3. The maximum absolute atomic E-state index is 5.30. The average molecular weight is 173 g/mol. The summed E-state index contributed by atoms with van der Waals surface area (Å²) in [6, 6.07) is 10.0. The van der Waals surface area contributed by atoms with Crippen LogP contribution < -0.4 is 11.3 Å². The van der Waals surface area contributed by atoms with Crippen molar-refractivity contribution >= 4 is 16.6 Å². The Balaban J connectivity index is 2.77. The lowest BCUT2D eigenvalue weighted by atomic mass is 10.1. The number of anilines is 1. The van der Waals surface area contributed by atoms with Crippen molar-refractivity contribution in [1.82, 2.24) is 4.98 Å². The van der Waals surface area contributed by atoms with Crippen LogP contribution in [-0.2, 0) is 0 Å². The third-order valence-electron chi connectivity index (χ3n) is 2.08. The van der Waals surface area contributed by atoms with Crippen LogP contribution in [0.4, 0.5) is 5.82 Å². The molecule has 0 saturated carbocycles. The van der Waals surface area contributed by atoms with E-state index in [1.165, 1.54) is 5.39 Å². The highest BCUT2D eigenvalue weighted by Gasteiger charge is 1.99. The number of nitrogens with two attached hydrogens (primary N) is 1. The average Bonchev–Trinajstić information content (AvgIpc) is 2.18. The summed E-state index contributed by atoms with van der Waals surface area (Å²) in [5.74, 6) is 6.00. The molecule has 0 unspecified atom stereocenters. The number of hydrazine groups is 1. The van der Waals surface area contributed by atoms with E-state index in [1.54, 1.807) is 0 Å². The molecule has 3 N–H and O–H groups in total. The Kier molecular flexibility index (Phi) is 1.87. The maximum Gasteiger partial charge on any atom is 0.140 e. The quantitative estimate of drug-likeness (QED) is 0.511. The van der Waals surface area contributed by atoms with E-state index in [-0.39, 0.29) is 0 Å².